The molecule has 44 heavy (non-hydrogen) atoms. The number of imidazole rings is 1. The van der Waals surface area contributed by atoms with Gasteiger partial charge in [-0.25, -0.2) is 14.5 Å². The van der Waals surface area contributed by atoms with Crippen molar-refractivity contribution in [2.45, 2.75) is 85.1 Å². The number of nitrogens with one attached hydrogen (secondary N) is 1. The van der Waals surface area contributed by atoms with E-state index in [9.17, 15) is 9.36 Å². The number of anilines is 1. The van der Waals surface area contributed by atoms with E-state index in [1.54, 1.807) is 39.1 Å². The molecule has 1 unspecified atom stereocenters. The van der Waals surface area contributed by atoms with Gasteiger partial charge in [0.2, 0.25) is 0 Å². The second-order valence-electron chi connectivity index (χ2n) is 11.2. The molecule has 3 N–H and O–H groups in total. The number of pyridine rings is 2. The zero-order chi connectivity index (χ0) is 31.9. The van der Waals surface area contributed by atoms with Crippen LogP contribution < -0.4 is 15.3 Å². The summed E-state index contributed by atoms with van der Waals surface area (Å²) in [4.78, 5) is 26.2. The molecule has 238 valence electrons. The first-order chi connectivity index (χ1) is 21.0. The van der Waals surface area contributed by atoms with Gasteiger partial charge in [0.25, 0.3) is 0 Å². The van der Waals surface area contributed by atoms with Crippen LogP contribution in [0.1, 0.15) is 66.6 Å². The largest absolute Gasteiger partial charge is 0.462 e. The third-order valence-corrected chi connectivity index (χ3v) is 8.72. The van der Waals surface area contributed by atoms with Crippen molar-refractivity contribution in [2.75, 3.05) is 18.9 Å². The SMILES string of the molecule is CCCCC(C)(CO[P@@](=O)(N[C@@H](C)C(=O)OC(C)C)Oc1cccnc1)n1c(COCC)nc2c(N)nc3ccccc3c21. The lowest BCUT2D eigenvalue weighted by Crippen LogP contribution is -2.40. The predicted molar refractivity (Wildman–Crippen MR) is 170 cm³/mol. The Balaban J connectivity index is 1.81. The normalized spacial score (nSPS) is 15.2. The van der Waals surface area contributed by atoms with Gasteiger partial charge in [0.1, 0.15) is 29.7 Å². The number of nitrogen functional groups attached to an aromatic ring is 1. The van der Waals surface area contributed by atoms with E-state index in [0.29, 0.717) is 30.2 Å². The molecule has 3 aromatic heterocycles. The summed E-state index contributed by atoms with van der Waals surface area (Å²) >= 11 is 0. The summed E-state index contributed by atoms with van der Waals surface area (Å²) in [7, 11) is -4.17. The minimum absolute atomic E-state index is 0.0649. The van der Waals surface area contributed by atoms with E-state index in [-0.39, 0.29) is 25.1 Å². The molecule has 13 heteroatoms. The molecule has 0 spiro atoms. The lowest BCUT2D eigenvalue weighted by atomic mass is 9.94. The van der Waals surface area contributed by atoms with Crippen molar-refractivity contribution in [3.05, 3.63) is 54.6 Å². The van der Waals surface area contributed by atoms with Crippen LogP contribution >= 0.6 is 7.75 Å². The maximum absolute atomic E-state index is 14.4. The molecule has 3 atom stereocenters. The van der Waals surface area contributed by atoms with E-state index in [4.69, 9.17) is 29.2 Å². The number of unbranched alkanes of at least 4 members (excludes halogenated alkanes) is 1. The number of nitrogens with zero attached hydrogens (tertiary/aromatic N) is 4. The second kappa shape index (κ2) is 14.5. The molecule has 12 nitrogen and oxygen atoms in total. The number of fused-ring (bicyclic) bond motifs is 3. The average molecular weight is 627 g/mol. The minimum Gasteiger partial charge on any atom is -0.462 e. The van der Waals surface area contributed by atoms with E-state index in [1.807, 2.05) is 38.1 Å². The Kier molecular flexibility index (Phi) is 11.0. The Morgan fingerprint density at radius 3 is 2.59 bits per heavy atom. The Morgan fingerprint density at radius 1 is 1.14 bits per heavy atom. The zero-order valence-electron chi connectivity index (χ0n) is 26.3. The van der Waals surface area contributed by atoms with E-state index in [1.165, 1.54) is 6.20 Å². The Hall–Kier alpha value is -3.57. The van der Waals surface area contributed by atoms with Crippen molar-refractivity contribution in [3.63, 3.8) is 0 Å². The first-order valence-corrected chi connectivity index (χ1v) is 16.5. The third kappa shape index (κ3) is 7.74. The van der Waals surface area contributed by atoms with E-state index >= 15 is 0 Å². The van der Waals surface area contributed by atoms with Crippen molar-refractivity contribution < 1.29 is 27.9 Å². The van der Waals surface area contributed by atoms with Gasteiger partial charge in [0.15, 0.2) is 5.82 Å². The van der Waals surface area contributed by atoms with Crippen molar-refractivity contribution in [3.8, 4) is 5.75 Å². The zero-order valence-corrected chi connectivity index (χ0v) is 27.2. The third-order valence-electron chi connectivity index (χ3n) is 7.10. The number of hydrogen-bond acceptors (Lipinski definition) is 10. The number of rotatable bonds is 16. The van der Waals surface area contributed by atoms with Crippen molar-refractivity contribution in [1.29, 1.82) is 0 Å². The lowest BCUT2D eigenvalue weighted by Gasteiger charge is -2.35. The highest BCUT2D eigenvalue weighted by atomic mass is 31.2. The van der Waals surface area contributed by atoms with Crippen LogP contribution in [0, 0.1) is 0 Å². The van der Waals surface area contributed by atoms with Gasteiger partial charge in [-0.1, -0.05) is 38.0 Å². The first-order valence-electron chi connectivity index (χ1n) is 15.0. The van der Waals surface area contributed by atoms with Crippen LogP contribution in [0.4, 0.5) is 5.82 Å². The highest BCUT2D eigenvalue weighted by Gasteiger charge is 2.39. The van der Waals surface area contributed by atoms with Crippen LogP contribution in [0.3, 0.4) is 0 Å². The lowest BCUT2D eigenvalue weighted by molar-refractivity contribution is -0.149. The number of esters is 1. The topological polar surface area (TPSA) is 153 Å². The molecule has 0 fully saturated rings. The van der Waals surface area contributed by atoms with Crippen LogP contribution in [0.5, 0.6) is 5.75 Å². The first kappa shape index (κ1) is 33.3. The number of carbonyl (C=O) groups is 1. The van der Waals surface area contributed by atoms with Crippen LogP contribution in [0.15, 0.2) is 48.8 Å². The molecule has 4 rings (SSSR count). The number of aromatic nitrogens is 4. The molecule has 0 saturated carbocycles. The van der Waals surface area contributed by atoms with Gasteiger partial charge < -0.3 is 24.3 Å². The van der Waals surface area contributed by atoms with E-state index in [2.05, 4.69) is 26.5 Å². The van der Waals surface area contributed by atoms with Crippen molar-refractivity contribution >= 4 is 41.5 Å². The Labute approximate surface area is 258 Å². The molecule has 4 aromatic rings. The molecular weight excluding hydrogens is 583 g/mol. The average Bonchev–Trinajstić information content (AvgIpc) is 3.39. The number of ether oxygens (including phenoxy) is 2. The van der Waals surface area contributed by atoms with Crippen molar-refractivity contribution in [2.24, 2.45) is 0 Å². The summed E-state index contributed by atoms with van der Waals surface area (Å²) < 4.78 is 39.8. The summed E-state index contributed by atoms with van der Waals surface area (Å²) in [6.45, 7) is 11.7. The molecule has 0 aliphatic carbocycles. The fourth-order valence-electron chi connectivity index (χ4n) is 5.00. The quantitative estimate of drug-likeness (QED) is 0.109. The minimum atomic E-state index is -4.17. The van der Waals surface area contributed by atoms with Gasteiger partial charge in [-0.2, -0.15) is 5.09 Å². The number of para-hydroxylation sites is 1. The van der Waals surface area contributed by atoms with Crippen molar-refractivity contribution in [1.82, 2.24) is 24.6 Å². The summed E-state index contributed by atoms with van der Waals surface area (Å²) in [6, 6.07) is 10.0. The number of carbonyl (C=O) groups excluding carboxylic acids is 1. The molecule has 0 saturated heterocycles. The summed E-state index contributed by atoms with van der Waals surface area (Å²) in [6.07, 6.45) is 5.04. The van der Waals surface area contributed by atoms with Gasteiger partial charge in [-0.3, -0.25) is 14.3 Å². The van der Waals surface area contributed by atoms with E-state index in [0.717, 1.165) is 29.3 Å². The van der Waals surface area contributed by atoms with Crippen LogP contribution in [-0.2, 0) is 35.5 Å². The summed E-state index contributed by atoms with van der Waals surface area (Å²) in [5.41, 5.74) is 7.71. The maximum Gasteiger partial charge on any atom is 0.459 e. The van der Waals surface area contributed by atoms with Gasteiger partial charge in [-0.05, 0) is 59.2 Å². The molecular formula is C31H43N6O6P. The van der Waals surface area contributed by atoms with Gasteiger partial charge in [0, 0.05) is 18.2 Å². The standard InChI is InChI=1S/C31H43N6O6P/c1-7-9-16-31(6,20-41-44(39,43-23-13-12-17-33-18-23)36-22(5)30(38)42-21(3)4)37-26(19-40-8-2)35-27-28(37)24-14-10-11-15-25(24)34-29(27)32/h10-15,17-18,21-22H,7-9,16,19-20H2,1-6H3,(H2,32,34)(H,36,39)/t22-,31?,44-/m0/s1. The van der Waals surface area contributed by atoms with E-state index < -0.39 is 25.3 Å². The summed E-state index contributed by atoms with van der Waals surface area (Å²) in [5.74, 6) is 0.580. The maximum atomic E-state index is 14.4. The fraction of sp³-hybridized carbons (Fsp3) is 0.484. The molecule has 0 bridgehead atoms. The fourth-order valence-corrected chi connectivity index (χ4v) is 6.60. The Bertz CT molecular complexity index is 1610. The summed E-state index contributed by atoms with van der Waals surface area (Å²) in [5, 5.41) is 3.64. The monoisotopic (exact) mass is 626 g/mol. The second-order valence-corrected chi connectivity index (χ2v) is 12.9. The Morgan fingerprint density at radius 2 is 1.91 bits per heavy atom. The predicted octanol–water partition coefficient (Wildman–Crippen LogP) is 6.14. The molecule has 0 amide bonds. The van der Waals surface area contributed by atoms with Gasteiger partial charge in [-0.15, -0.1) is 0 Å². The number of nitrogens with two attached hydrogens (primary N) is 1. The van der Waals surface area contributed by atoms with Crippen LogP contribution in [-0.4, -0.2) is 50.8 Å². The molecule has 0 aliphatic rings. The van der Waals surface area contributed by atoms with Crippen LogP contribution in [0.2, 0.25) is 0 Å². The van der Waals surface area contributed by atoms with Gasteiger partial charge in [0.05, 0.1) is 35.5 Å². The molecule has 1 aromatic carbocycles. The molecule has 3 heterocycles. The van der Waals surface area contributed by atoms with Gasteiger partial charge >= 0.3 is 13.7 Å². The molecule has 0 aliphatic heterocycles. The number of benzene rings is 1. The highest BCUT2D eigenvalue weighted by molar-refractivity contribution is 7.52. The highest BCUT2D eigenvalue weighted by Crippen LogP contribution is 2.47. The molecule has 0 radical (unpaired) electrons. The number of hydrogen-bond donors (Lipinski definition) is 2. The van der Waals surface area contributed by atoms with Crippen LogP contribution in [0.25, 0.3) is 21.9 Å². The smallest absolute Gasteiger partial charge is 0.459 e.